The van der Waals surface area contributed by atoms with Gasteiger partial charge in [0.1, 0.15) is 73.5 Å². The number of nitrogens with zero attached hydrogens (tertiary/aromatic N) is 13. The molecule has 3 fully saturated rings. The summed E-state index contributed by atoms with van der Waals surface area (Å²) in [5.74, 6) is -0.463. The fourth-order valence-corrected chi connectivity index (χ4v) is 13.1. The van der Waals surface area contributed by atoms with E-state index in [1.54, 1.807) is 0 Å². The number of aliphatic hydroxyl groups is 3. The summed E-state index contributed by atoms with van der Waals surface area (Å²) >= 11 is 0. The number of H-pyrrole nitrogens is 2. The molecule has 6 aromatic heterocycles. The zero-order valence-corrected chi connectivity index (χ0v) is 44.3. The lowest BCUT2D eigenvalue weighted by Crippen LogP contribution is -2.46. The summed E-state index contributed by atoms with van der Waals surface area (Å²) in [6.45, 7) is -4.49. The smallest absolute Gasteiger partial charge is 0.313 e. The van der Waals surface area contributed by atoms with Crippen molar-refractivity contribution in [2.45, 2.75) is 73.6 Å². The van der Waals surface area contributed by atoms with Gasteiger partial charge in [0.2, 0.25) is 17.7 Å². The Bertz CT molecular complexity index is 3670. The third kappa shape index (κ3) is 12.0. The summed E-state index contributed by atoms with van der Waals surface area (Å²) < 4.78 is 113. The Morgan fingerprint density at radius 2 is 1.38 bits per heavy atom. The van der Waals surface area contributed by atoms with Crippen molar-refractivity contribution in [2.75, 3.05) is 57.5 Å². The van der Waals surface area contributed by atoms with E-state index < -0.39 is 143 Å². The highest BCUT2D eigenvalue weighted by Gasteiger charge is 2.52. The predicted octanol–water partition coefficient (Wildman–Crippen LogP) is -5.49. The van der Waals surface area contributed by atoms with Crippen molar-refractivity contribution < 1.29 is 108 Å². The van der Waals surface area contributed by atoms with Crippen LogP contribution in [0.1, 0.15) is 18.7 Å². The molecule has 42 nitrogen and oxygen atoms in total. The van der Waals surface area contributed by atoms with Crippen molar-refractivity contribution in [1.82, 2.24) is 53.6 Å². The maximum atomic E-state index is 13.6. The van der Waals surface area contributed by atoms with Crippen LogP contribution in [-0.4, -0.2) is 165 Å². The van der Waals surface area contributed by atoms with Crippen molar-refractivity contribution in [1.29, 1.82) is 0 Å². The first-order valence-electron chi connectivity index (χ1n) is 22.5. The number of aliphatic hydroxyl groups excluding tert-OH is 3. The highest BCUT2D eigenvalue weighted by molar-refractivity contribution is 7.65. The number of azide groups is 1. The Hall–Kier alpha value is -5.84. The van der Waals surface area contributed by atoms with Gasteiger partial charge in [0.05, 0.1) is 39.5 Å². The van der Waals surface area contributed by atoms with E-state index >= 15 is 0 Å². The number of aromatic nitrogens is 12. The van der Waals surface area contributed by atoms with Gasteiger partial charge in [0.15, 0.2) is 41.4 Å². The average molecular weight is 1210 g/mol. The lowest BCUT2D eigenvalue weighted by atomic mass is 10.1. The molecule has 0 aromatic carbocycles. The summed E-state index contributed by atoms with van der Waals surface area (Å²) in [7, 11) is -21.0. The third-order valence-electron chi connectivity index (χ3n) is 12.1. The molecule has 0 radical (unpaired) electrons. The van der Waals surface area contributed by atoms with Gasteiger partial charge in [0, 0.05) is 19.1 Å². The van der Waals surface area contributed by atoms with Crippen LogP contribution in [0.15, 0.2) is 40.0 Å². The first-order valence-corrected chi connectivity index (χ1v) is 28.4. The quantitative estimate of drug-likeness (QED) is 0.00975. The van der Waals surface area contributed by atoms with Crippen molar-refractivity contribution in [3.63, 3.8) is 0 Å². The van der Waals surface area contributed by atoms with Gasteiger partial charge >= 0.3 is 5.65 Å². The summed E-state index contributed by atoms with van der Waals surface area (Å²) in [4.78, 5) is 109. The number of rotatable bonds is 23. The largest absolute Gasteiger partial charge is 0.756 e. The molecule has 3 aliphatic heterocycles. The van der Waals surface area contributed by atoms with Crippen LogP contribution >= 0.6 is 31.3 Å². The zero-order chi connectivity index (χ0) is 57.8. The van der Waals surface area contributed by atoms with Gasteiger partial charge < -0.3 is 93.5 Å². The zero-order valence-electron chi connectivity index (χ0n) is 40.7. The summed E-state index contributed by atoms with van der Waals surface area (Å²) in [6, 6.07) is 0. The topological polar surface area (TPSA) is 597 Å². The van der Waals surface area contributed by atoms with Crippen LogP contribution in [-0.2, 0) is 75.7 Å². The minimum atomic E-state index is -6.63. The molecule has 7 unspecified atom stereocenters. The number of phosphoric acid groups is 4. The van der Waals surface area contributed by atoms with Gasteiger partial charge in [-0.3, -0.25) is 51.5 Å². The number of phosphoric ester groups is 3. The van der Waals surface area contributed by atoms with E-state index in [2.05, 4.69) is 68.4 Å². The van der Waals surface area contributed by atoms with Crippen molar-refractivity contribution >= 4 is 82.5 Å². The lowest BCUT2D eigenvalue weighted by molar-refractivity contribution is -0.745. The molecule has 436 valence electrons. The number of ether oxygens (including phenoxy) is 5. The highest BCUT2D eigenvalue weighted by atomic mass is 31.3. The Balaban J connectivity index is 0.880. The van der Waals surface area contributed by atoms with Crippen LogP contribution in [0.4, 0.5) is 17.7 Å². The fraction of sp³-hybridized carbons (Fsp3) is 0.559. The Morgan fingerprint density at radius 1 is 0.775 bits per heavy atom. The van der Waals surface area contributed by atoms with Gasteiger partial charge in [-0.05, 0) is 5.53 Å². The molecule has 0 amide bonds. The van der Waals surface area contributed by atoms with E-state index in [9.17, 15) is 62.7 Å². The van der Waals surface area contributed by atoms with Crippen molar-refractivity contribution in [3.05, 3.63) is 56.5 Å². The van der Waals surface area contributed by atoms with Gasteiger partial charge in [-0.1, -0.05) is 10.1 Å². The van der Waals surface area contributed by atoms with E-state index in [-0.39, 0.29) is 51.2 Å². The second kappa shape index (κ2) is 22.8. The second-order valence-electron chi connectivity index (χ2n) is 17.1. The lowest BCUT2D eigenvalue weighted by Gasteiger charge is -2.35. The van der Waals surface area contributed by atoms with Gasteiger partial charge in [-0.15, -0.1) is 0 Å². The standard InChI is InChI=1S/C34H46N18O24P4/c1-38-24-15-25(40-7-39-24)50(8-41-15)32-23(66-3)22(74-77(58,59)68-4-12-18(53)19(54)30(71-12)51-9-42-16-26(51)44-33(35)46-28(16)56)14(73-32)6-70-79(62,63)76-80(64,65)75-78(60,61)69-5-13-21(67-10-43-48-37)20(55)31(72-13)52-11-49(2)17-27(52)45-34(36)47-29(17)57/h7-9,11-14,18-23,30-32,53-55H,4-6,10H2,1-3H3,(H10-,35,36,38,39,40,44,45,46,47,56,57,58,59,60,61,62,63,64,65)/p-3/t12-,13-,14-,18+,19?,20+,21?,22+,23?,30-,31-,32-/m1/s1. The fourth-order valence-electron chi connectivity index (χ4n) is 8.76. The number of nitrogens with one attached hydrogen (secondary N) is 3. The number of imidazole rings is 3. The molecule has 16 atom stereocenters. The number of hydrogen-bond donors (Lipinski definition) is 8. The number of anilines is 3. The molecular weight excluding hydrogens is 1170 g/mol. The van der Waals surface area contributed by atoms with Crippen LogP contribution in [0.25, 0.3) is 43.9 Å². The monoisotopic (exact) mass is 1210 g/mol. The number of hydrogen-bond acceptors (Lipinski definition) is 34. The number of methoxy groups -OCH3 is 1. The first kappa shape index (κ1) is 58.8. The van der Waals surface area contributed by atoms with Crippen LogP contribution < -0.4 is 52.0 Å². The number of aryl methyl sites for hydroxylation is 1. The SMILES string of the molecule is CNc1ncnc2c1ncn2[C@@H]1O[C@H](COP(=O)([O-])OP(=O)([O-])OP(=O)([O-])OC[C@H]2O[C@@H]([n+]3cn(C)c4c(=O)[nH]c(N)nc43)[C@@H](O)C2OCN=[N+]=[N-])[C@H](OP(=O)([O-])OC[C@H]2O[C@@H](n3cnc4c(=O)[nH]c(N)nc43)C(O)[C@H]2O)C1OC. The minimum Gasteiger partial charge on any atom is -0.756 e. The van der Waals surface area contributed by atoms with Gasteiger partial charge in [0.25, 0.3) is 48.4 Å². The first-order chi connectivity index (χ1) is 37.7. The molecule has 0 spiro atoms. The van der Waals surface area contributed by atoms with Gasteiger partial charge in [-0.2, -0.15) is 4.98 Å². The average Bonchev–Trinajstić information content (AvgIpc) is 4.29. The second-order valence-corrected chi connectivity index (χ2v) is 23.0. The van der Waals surface area contributed by atoms with Crippen LogP contribution in [0.3, 0.4) is 0 Å². The molecule has 9 rings (SSSR count). The molecule has 9 heterocycles. The van der Waals surface area contributed by atoms with Gasteiger partial charge in [-0.25, -0.2) is 33.1 Å². The highest BCUT2D eigenvalue weighted by Crippen LogP contribution is 2.63. The molecule has 80 heavy (non-hydrogen) atoms. The Kier molecular flexibility index (Phi) is 16.8. The molecular formula is C34H43N18O24P4-3. The summed E-state index contributed by atoms with van der Waals surface area (Å²) in [5, 5.41) is 38.9. The maximum Gasteiger partial charge on any atom is 0.313 e. The molecule has 0 saturated carbocycles. The normalized spacial score (nSPS) is 29.1. The van der Waals surface area contributed by atoms with Crippen LogP contribution in [0, 0.1) is 0 Å². The molecule has 10 N–H and O–H groups in total. The molecule has 0 bridgehead atoms. The summed E-state index contributed by atoms with van der Waals surface area (Å²) in [6.07, 6.45) is -16.1. The Labute approximate surface area is 443 Å². The molecule has 6 aromatic rings. The van der Waals surface area contributed by atoms with E-state index in [1.807, 2.05) is 0 Å². The van der Waals surface area contributed by atoms with E-state index in [4.69, 9.17) is 54.3 Å². The van der Waals surface area contributed by atoms with E-state index in [1.165, 1.54) is 29.6 Å². The number of aromatic amines is 2. The molecule has 3 saturated heterocycles. The number of nitrogens with two attached hydrogens (primary N) is 2. The van der Waals surface area contributed by atoms with E-state index in [0.29, 0.717) is 0 Å². The van der Waals surface area contributed by atoms with Crippen LogP contribution in [0.5, 0.6) is 0 Å². The molecule has 46 heteroatoms. The van der Waals surface area contributed by atoms with Crippen molar-refractivity contribution in [2.24, 2.45) is 12.2 Å². The minimum absolute atomic E-state index is 0.0366. The third-order valence-corrected chi connectivity index (χ3v) is 17.2. The predicted molar refractivity (Wildman–Crippen MR) is 248 cm³/mol. The van der Waals surface area contributed by atoms with Crippen LogP contribution in [0.2, 0.25) is 0 Å². The number of nitrogen functional groups attached to an aromatic ring is 2. The summed E-state index contributed by atoms with van der Waals surface area (Å²) in [5.41, 5.74) is 18.2. The maximum absolute atomic E-state index is 13.6. The molecule has 3 aliphatic rings. The molecule has 0 aliphatic carbocycles. The number of fused-ring (bicyclic) bond motifs is 3. The van der Waals surface area contributed by atoms with E-state index in [0.717, 1.165) is 35.2 Å². The Morgan fingerprint density at radius 3 is 2.04 bits per heavy atom. The van der Waals surface area contributed by atoms with Crippen molar-refractivity contribution in [3.8, 4) is 0 Å².